The van der Waals surface area contributed by atoms with Crippen molar-refractivity contribution in [1.29, 1.82) is 0 Å². The molecule has 142 valence electrons. The first kappa shape index (κ1) is 19.1. The number of aromatic nitrogens is 1. The summed E-state index contributed by atoms with van der Waals surface area (Å²) in [5.41, 5.74) is 5.98. The molecule has 0 fully saturated rings. The first-order chi connectivity index (χ1) is 12.7. The minimum Gasteiger partial charge on any atom is -0.369 e. The van der Waals surface area contributed by atoms with E-state index in [2.05, 4.69) is 54.3 Å². The van der Waals surface area contributed by atoms with Crippen LogP contribution < -0.4 is 10.3 Å². The third kappa shape index (κ3) is 3.88. The van der Waals surface area contributed by atoms with Crippen molar-refractivity contribution in [3.63, 3.8) is 0 Å². The predicted octanol–water partition coefficient (Wildman–Crippen LogP) is 4.81. The Kier molecular flexibility index (Phi) is 5.06. The summed E-state index contributed by atoms with van der Waals surface area (Å²) < 4.78 is 0. The van der Waals surface area contributed by atoms with Gasteiger partial charge < -0.3 is 4.90 Å². The first-order valence-corrected chi connectivity index (χ1v) is 9.03. The van der Waals surface area contributed by atoms with Gasteiger partial charge in [0.15, 0.2) is 0 Å². The molecule has 0 unspecified atom stereocenters. The van der Waals surface area contributed by atoms with E-state index in [0.717, 1.165) is 17.7 Å². The van der Waals surface area contributed by atoms with Gasteiger partial charge in [0.05, 0.1) is 16.2 Å². The number of rotatable bonds is 4. The maximum absolute atomic E-state index is 10.7. The van der Waals surface area contributed by atoms with Gasteiger partial charge in [0.25, 0.3) is 5.69 Å². The lowest BCUT2D eigenvalue weighted by molar-refractivity contribution is -0.385. The zero-order chi connectivity index (χ0) is 19.8. The number of hydrazone groups is 1. The quantitative estimate of drug-likeness (QED) is 0.462. The van der Waals surface area contributed by atoms with Gasteiger partial charge in [-0.15, -0.1) is 0 Å². The molecule has 27 heavy (non-hydrogen) atoms. The van der Waals surface area contributed by atoms with Crippen LogP contribution in [0.15, 0.2) is 35.6 Å². The number of nitro groups is 1. The van der Waals surface area contributed by atoms with Crippen LogP contribution in [0.5, 0.6) is 0 Å². The average molecular weight is 388 g/mol. The summed E-state index contributed by atoms with van der Waals surface area (Å²) in [4.78, 5) is 16.4. The fourth-order valence-electron chi connectivity index (χ4n) is 3.43. The van der Waals surface area contributed by atoms with Gasteiger partial charge in [-0.1, -0.05) is 18.5 Å². The van der Waals surface area contributed by atoms with E-state index in [-0.39, 0.29) is 11.2 Å². The number of halogens is 1. The van der Waals surface area contributed by atoms with Crippen molar-refractivity contribution in [2.24, 2.45) is 5.10 Å². The Morgan fingerprint density at radius 2 is 2.19 bits per heavy atom. The molecular formula is C19H22ClN5O2. The molecular weight excluding hydrogens is 366 g/mol. The van der Waals surface area contributed by atoms with E-state index < -0.39 is 4.92 Å². The number of hydrogen-bond acceptors (Lipinski definition) is 6. The summed E-state index contributed by atoms with van der Waals surface area (Å²) in [6.45, 7) is 6.69. The minimum absolute atomic E-state index is 0.0664. The van der Waals surface area contributed by atoms with Crippen LogP contribution in [-0.4, -0.2) is 28.7 Å². The van der Waals surface area contributed by atoms with Crippen LogP contribution in [0.4, 0.5) is 17.2 Å². The highest BCUT2D eigenvalue weighted by Crippen LogP contribution is 2.44. The third-order valence-electron chi connectivity index (χ3n) is 5.09. The minimum atomic E-state index is -0.494. The normalized spacial score (nSPS) is 18.4. The van der Waals surface area contributed by atoms with Crippen LogP contribution >= 0.6 is 11.6 Å². The molecule has 1 N–H and O–H groups in total. The zero-order valence-corrected chi connectivity index (χ0v) is 16.5. The SMILES string of the molecule is C[C@H]1CC(C)(C)N(C)c2cc(Cl)c(/C=N\Nc3ccc([N+](=O)[O-])cn3)cc21. The Bertz CT molecular complexity index is 896. The molecule has 0 radical (unpaired) electrons. The smallest absolute Gasteiger partial charge is 0.287 e. The van der Waals surface area contributed by atoms with Crippen LogP contribution in [0.25, 0.3) is 0 Å². The third-order valence-corrected chi connectivity index (χ3v) is 5.42. The standard InChI is InChI=1S/C19H22ClN5O2/c1-12-9-19(2,3)24(4)17-8-16(20)13(7-15(12)17)10-22-23-18-6-5-14(11-21-18)25(26)27/h5-8,10-12H,9H2,1-4H3,(H,21,23)/b22-10-/t12-/m0/s1. The molecule has 3 rings (SSSR count). The van der Waals surface area contributed by atoms with E-state index in [1.54, 1.807) is 6.21 Å². The maximum atomic E-state index is 10.7. The van der Waals surface area contributed by atoms with Crippen LogP contribution in [0.3, 0.4) is 0 Å². The zero-order valence-electron chi connectivity index (χ0n) is 15.7. The monoisotopic (exact) mass is 387 g/mol. The summed E-state index contributed by atoms with van der Waals surface area (Å²) in [6, 6.07) is 6.93. The molecule has 2 heterocycles. The lowest BCUT2D eigenvalue weighted by Crippen LogP contribution is -2.45. The molecule has 1 aromatic heterocycles. The molecule has 0 aliphatic carbocycles. The molecule has 1 aliphatic heterocycles. The van der Waals surface area contributed by atoms with Gasteiger partial charge in [0.1, 0.15) is 12.0 Å². The van der Waals surface area contributed by atoms with E-state index in [1.807, 2.05) is 6.07 Å². The van der Waals surface area contributed by atoms with Gasteiger partial charge in [0.2, 0.25) is 0 Å². The summed E-state index contributed by atoms with van der Waals surface area (Å²) in [7, 11) is 2.09. The van der Waals surface area contributed by atoms with Crippen molar-refractivity contribution in [3.8, 4) is 0 Å². The van der Waals surface area contributed by atoms with E-state index in [9.17, 15) is 10.1 Å². The number of fused-ring (bicyclic) bond motifs is 1. The lowest BCUT2D eigenvalue weighted by atomic mass is 9.80. The highest BCUT2D eigenvalue weighted by molar-refractivity contribution is 6.33. The Balaban J connectivity index is 1.81. The second-order valence-electron chi connectivity index (χ2n) is 7.44. The average Bonchev–Trinajstić information content (AvgIpc) is 2.61. The van der Waals surface area contributed by atoms with Gasteiger partial charge in [-0.3, -0.25) is 15.5 Å². The maximum Gasteiger partial charge on any atom is 0.287 e. The van der Waals surface area contributed by atoms with Crippen LogP contribution in [0.2, 0.25) is 5.02 Å². The molecule has 0 amide bonds. The Morgan fingerprint density at radius 1 is 1.44 bits per heavy atom. The Morgan fingerprint density at radius 3 is 2.81 bits per heavy atom. The summed E-state index contributed by atoms with van der Waals surface area (Å²) in [6.07, 6.45) is 3.88. The number of nitrogens with zero attached hydrogens (tertiary/aromatic N) is 4. The van der Waals surface area contributed by atoms with E-state index in [0.29, 0.717) is 16.8 Å². The highest BCUT2D eigenvalue weighted by Gasteiger charge is 2.34. The second kappa shape index (κ2) is 7.15. The van der Waals surface area contributed by atoms with Crippen molar-refractivity contribution in [3.05, 3.63) is 56.7 Å². The van der Waals surface area contributed by atoms with Crippen molar-refractivity contribution >= 4 is 35.0 Å². The van der Waals surface area contributed by atoms with E-state index in [4.69, 9.17) is 11.6 Å². The molecule has 1 aliphatic rings. The van der Waals surface area contributed by atoms with Crippen molar-refractivity contribution in [2.75, 3.05) is 17.4 Å². The molecule has 7 nitrogen and oxygen atoms in total. The summed E-state index contributed by atoms with van der Waals surface area (Å²) in [5, 5.41) is 15.4. The highest BCUT2D eigenvalue weighted by atomic mass is 35.5. The van der Waals surface area contributed by atoms with Gasteiger partial charge in [-0.25, -0.2) is 4.98 Å². The van der Waals surface area contributed by atoms with Crippen molar-refractivity contribution in [2.45, 2.75) is 38.6 Å². The first-order valence-electron chi connectivity index (χ1n) is 8.66. The van der Waals surface area contributed by atoms with Crippen molar-refractivity contribution in [1.82, 2.24) is 4.98 Å². The fourth-order valence-corrected chi connectivity index (χ4v) is 3.64. The van der Waals surface area contributed by atoms with Crippen LogP contribution in [-0.2, 0) is 0 Å². The number of pyridine rings is 1. The molecule has 1 atom stereocenters. The van der Waals surface area contributed by atoms with Gasteiger partial charge >= 0.3 is 0 Å². The summed E-state index contributed by atoms with van der Waals surface area (Å²) in [5.74, 6) is 0.834. The predicted molar refractivity (Wildman–Crippen MR) is 109 cm³/mol. The molecule has 8 heteroatoms. The van der Waals surface area contributed by atoms with E-state index in [1.165, 1.54) is 23.9 Å². The second-order valence-corrected chi connectivity index (χ2v) is 7.85. The molecule has 0 bridgehead atoms. The molecule has 0 saturated carbocycles. The van der Waals surface area contributed by atoms with Crippen molar-refractivity contribution < 1.29 is 4.92 Å². The molecule has 1 aromatic carbocycles. The van der Waals surface area contributed by atoms with Crippen LogP contribution in [0.1, 0.15) is 44.2 Å². The number of nitrogens with one attached hydrogen (secondary N) is 1. The molecule has 0 spiro atoms. The number of benzene rings is 1. The van der Waals surface area contributed by atoms with Gasteiger partial charge in [-0.2, -0.15) is 5.10 Å². The Labute approximate surface area is 163 Å². The van der Waals surface area contributed by atoms with Gasteiger partial charge in [-0.05, 0) is 49.9 Å². The van der Waals surface area contributed by atoms with Crippen LogP contribution in [0, 0.1) is 10.1 Å². The van der Waals surface area contributed by atoms with Gasteiger partial charge in [0, 0.05) is 29.9 Å². The Hall–Kier alpha value is -2.67. The number of anilines is 2. The molecule has 0 saturated heterocycles. The largest absolute Gasteiger partial charge is 0.369 e. The number of hydrogen-bond donors (Lipinski definition) is 1. The summed E-state index contributed by atoms with van der Waals surface area (Å²) >= 11 is 6.47. The lowest BCUT2D eigenvalue weighted by Gasteiger charge is -2.45. The van der Waals surface area contributed by atoms with E-state index >= 15 is 0 Å². The molecule has 2 aromatic rings. The fraction of sp³-hybridized carbons (Fsp3) is 0.368. The topological polar surface area (TPSA) is 83.7 Å².